The first-order chi connectivity index (χ1) is 25.7. The van der Waals surface area contributed by atoms with Crippen molar-refractivity contribution in [2.24, 2.45) is 11.8 Å². The third-order valence-electron chi connectivity index (χ3n) is 8.66. The van der Waals surface area contributed by atoms with E-state index in [1.165, 1.54) is 0 Å². The first kappa shape index (κ1) is 42.9. The number of fused-ring (bicyclic) bond motifs is 1. The zero-order valence-corrected chi connectivity index (χ0v) is 29.8. The topological polar surface area (TPSA) is 143 Å². The molecule has 0 radical (unpaired) electrons. The zero-order valence-electron chi connectivity index (χ0n) is 28.9. The predicted octanol–water partition coefficient (Wildman–Crippen LogP) is 8.16. The van der Waals surface area contributed by atoms with E-state index in [-0.39, 0.29) is 36.6 Å². The Morgan fingerprint density at radius 2 is 1.35 bits per heavy atom. The number of ether oxygens (including phenoxy) is 1. The maximum atomic E-state index is 13.2. The summed E-state index contributed by atoms with van der Waals surface area (Å²) in [6.07, 6.45) is -11.9. The van der Waals surface area contributed by atoms with Crippen LogP contribution in [-0.4, -0.2) is 62.4 Å². The minimum Gasteiger partial charge on any atom is -0.497 e. The minimum atomic E-state index is -5.15. The average molecular weight is 810 g/mol. The Labute approximate surface area is 309 Å². The number of carboxylic acids is 1. The molecule has 0 atom stereocenters. The van der Waals surface area contributed by atoms with E-state index in [9.17, 15) is 47.9 Å². The highest BCUT2D eigenvalue weighted by Crippen LogP contribution is 2.37. The molecule has 1 heterocycles. The van der Waals surface area contributed by atoms with Gasteiger partial charge in [0.2, 0.25) is 16.0 Å². The van der Waals surface area contributed by atoms with Crippen LogP contribution in [0.4, 0.5) is 51.3 Å². The molecule has 0 amide bonds. The molecule has 1 fully saturated rings. The molecular weight excluding hydrogens is 773 g/mol. The van der Waals surface area contributed by atoms with Crippen LogP contribution >= 0.6 is 0 Å². The van der Waals surface area contributed by atoms with E-state index >= 15 is 0 Å². The van der Waals surface area contributed by atoms with Crippen LogP contribution in [0.1, 0.15) is 42.4 Å². The van der Waals surface area contributed by atoms with E-state index in [4.69, 9.17) is 19.6 Å². The number of para-hydroxylation sites is 1. The van der Waals surface area contributed by atoms with Gasteiger partial charge >= 0.3 is 24.5 Å². The lowest BCUT2D eigenvalue weighted by Gasteiger charge is -2.28. The molecule has 1 saturated carbocycles. The Balaban J connectivity index is 0.000000876. The molecule has 0 unspecified atom stereocenters. The number of anilines is 2. The molecule has 20 heteroatoms. The number of benzene rings is 3. The number of carboxylic acid groups (broad SMARTS) is 1. The van der Waals surface area contributed by atoms with Gasteiger partial charge < -0.3 is 20.5 Å². The molecule has 10 nitrogen and oxygen atoms in total. The van der Waals surface area contributed by atoms with Crippen LogP contribution in [-0.2, 0) is 33.6 Å². The summed E-state index contributed by atoms with van der Waals surface area (Å²) in [5.41, 5.74) is -1.44. The molecule has 4 N–H and O–H groups in total. The number of methoxy groups -OCH3 is 1. The number of aromatic nitrogens is 2. The van der Waals surface area contributed by atoms with E-state index in [1.54, 1.807) is 7.11 Å². The molecular formula is C35H36F9N5O5S. The summed E-state index contributed by atoms with van der Waals surface area (Å²) in [7, 11) is -3.00. The average Bonchev–Trinajstić information content (AvgIpc) is 3.13. The van der Waals surface area contributed by atoms with Gasteiger partial charge in [-0.2, -0.15) is 44.5 Å². The van der Waals surface area contributed by atoms with Gasteiger partial charge in [-0.15, -0.1) is 0 Å². The van der Waals surface area contributed by atoms with Gasteiger partial charge in [-0.1, -0.05) is 24.3 Å². The number of nitrogens with one attached hydrogen (secondary N) is 3. The van der Waals surface area contributed by atoms with Crippen LogP contribution in [0.25, 0.3) is 10.9 Å². The van der Waals surface area contributed by atoms with Gasteiger partial charge in [0.1, 0.15) is 11.6 Å². The van der Waals surface area contributed by atoms with Crippen molar-refractivity contribution in [3.05, 3.63) is 83.4 Å². The van der Waals surface area contributed by atoms with Gasteiger partial charge in [0.15, 0.2) is 0 Å². The summed E-state index contributed by atoms with van der Waals surface area (Å²) in [5.74, 6) is -0.681. The van der Waals surface area contributed by atoms with Gasteiger partial charge in [-0.05, 0) is 92.0 Å². The van der Waals surface area contributed by atoms with Crippen molar-refractivity contribution in [1.29, 1.82) is 0 Å². The lowest BCUT2D eigenvalue weighted by atomic mass is 9.82. The van der Waals surface area contributed by atoms with Crippen molar-refractivity contribution >= 4 is 38.7 Å². The molecule has 0 spiro atoms. The number of nitrogens with zero attached hydrogens (tertiary/aromatic N) is 2. The summed E-state index contributed by atoms with van der Waals surface area (Å²) in [6.45, 7) is 1.13. The predicted molar refractivity (Wildman–Crippen MR) is 184 cm³/mol. The second-order valence-electron chi connectivity index (χ2n) is 12.6. The van der Waals surface area contributed by atoms with Crippen LogP contribution in [0.5, 0.6) is 5.75 Å². The molecule has 1 aliphatic carbocycles. The molecule has 0 aliphatic heterocycles. The molecule has 3 aromatic carbocycles. The van der Waals surface area contributed by atoms with Gasteiger partial charge in [0.05, 0.1) is 28.6 Å². The molecule has 4 aromatic rings. The molecule has 55 heavy (non-hydrogen) atoms. The number of halogens is 9. The molecule has 1 aromatic heterocycles. The smallest absolute Gasteiger partial charge is 0.490 e. The summed E-state index contributed by atoms with van der Waals surface area (Å²) in [6, 6.07) is 15.9. The number of hydrogen-bond donors (Lipinski definition) is 4. The van der Waals surface area contributed by atoms with E-state index in [0.717, 1.165) is 41.5 Å². The molecule has 300 valence electrons. The van der Waals surface area contributed by atoms with Gasteiger partial charge in [0.25, 0.3) is 0 Å². The maximum absolute atomic E-state index is 13.2. The van der Waals surface area contributed by atoms with Crippen LogP contribution < -0.4 is 20.1 Å². The molecule has 1 aliphatic rings. The highest BCUT2D eigenvalue weighted by atomic mass is 32.2. The zero-order chi connectivity index (χ0) is 40.6. The van der Waals surface area contributed by atoms with Crippen LogP contribution in [0, 0.1) is 11.8 Å². The number of rotatable bonds is 12. The Hall–Kier alpha value is -4.85. The van der Waals surface area contributed by atoms with E-state index in [1.807, 2.05) is 48.5 Å². The minimum absolute atomic E-state index is 0.0978. The van der Waals surface area contributed by atoms with Gasteiger partial charge in [-0.25, -0.2) is 22.9 Å². The normalized spacial score (nSPS) is 16.5. The third-order valence-corrected chi connectivity index (χ3v) is 10.1. The number of hydrogen-bond acceptors (Lipinski definition) is 8. The lowest BCUT2D eigenvalue weighted by Crippen LogP contribution is -2.32. The molecule has 5 rings (SSSR count). The van der Waals surface area contributed by atoms with Crippen molar-refractivity contribution in [3.63, 3.8) is 0 Å². The van der Waals surface area contributed by atoms with Gasteiger partial charge in [0, 0.05) is 25.0 Å². The number of sulfonamides is 1. The van der Waals surface area contributed by atoms with Crippen LogP contribution in [0.15, 0.2) is 71.6 Å². The van der Waals surface area contributed by atoms with Crippen LogP contribution in [0.2, 0.25) is 0 Å². The van der Waals surface area contributed by atoms with Crippen molar-refractivity contribution < 1.29 is 62.6 Å². The van der Waals surface area contributed by atoms with Crippen molar-refractivity contribution in [2.45, 2.75) is 55.5 Å². The Kier molecular flexibility index (Phi) is 13.8. The number of alkyl halides is 9. The Bertz CT molecular complexity index is 1990. The summed E-state index contributed by atoms with van der Waals surface area (Å²) in [4.78, 5) is 17.2. The molecule has 0 saturated heterocycles. The largest absolute Gasteiger partial charge is 0.497 e. The number of aliphatic carboxylic acids is 1. The first-order valence-electron chi connectivity index (χ1n) is 16.6. The van der Waals surface area contributed by atoms with Gasteiger partial charge in [-0.3, -0.25) is 0 Å². The Morgan fingerprint density at radius 1 is 0.800 bits per heavy atom. The van der Waals surface area contributed by atoms with Crippen molar-refractivity contribution in [1.82, 2.24) is 14.7 Å². The van der Waals surface area contributed by atoms with E-state index in [2.05, 4.69) is 20.3 Å². The fourth-order valence-corrected chi connectivity index (χ4v) is 6.86. The number of carbonyl (C=O) groups is 1. The summed E-state index contributed by atoms with van der Waals surface area (Å²) >= 11 is 0. The molecule has 0 bridgehead atoms. The second-order valence-corrected chi connectivity index (χ2v) is 14.4. The summed E-state index contributed by atoms with van der Waals surface area (Å²) < 4.78 is 144. The standard InChI is InChI=1S/C33H35F6N5O3S.C2HF3O2/c1-47-26-12-10-21(11-13-26)14-15-40-30-28-4-2-3-5-29(28)43-31(44-30)41-19-22-6-8-23(9-7-22)20-42-48(45,46)27-17-24(32(34,35)36)16-25(18-27)33(37,38)39;3-2(4,5)1(6)7/h2-5,10-13,16-18,22-23,42H,6-9,14-15,19-20H2,1H3,(H2,40,41,43,44);(H,6,7). The highest BCUT2D eigenvalue weighted by molar-refractivity contribution is 7.89. The monoisotopic (exact) mass is 809 g/mol. The van der Waals surface area contributed by atoms with E-state index < -0.39 is 50.5 Å². The van der Waals surface area contributed by atoms with E-state index in [0.29, 0.717) is 37.7 Å². The maximum Gasteiger partial charge on any atom is 0.490 e. The van der Waals surface area contributed by atoms with Crippen molar-refractivity contribution in [3.8, 4) is 5.75 Å². The first-order valence-corrected chi connectivity index (χ1v) is 18.1. The second kappa shape index (κ2) is 17.7. The quantitative estimate of drug-likeness (QED) is 0.104. The Morgan fingerprint density at radius 3 is 1.87 bits per heavy atom. The SMILES string of the molecule is COc1ccc(CCNc2nc(NCC3CCC(CNS(=O)(=O)c4cc(C(F)(F)F)cc(C(F)(F)F)c4)CC3)nc3ccccc23)cc1.O=C(O)C(F)(F)F. The highest BCUT2D eigenvalue weighted by Gasteiger charge is 2.39. The third kappa shape index (κ3) is 12.6. The van der Waals surface area contributed by atoms with Crippen molar-refractivity contribution in [2.75, 3.05) is 37.4 Å². The summed E-state index contributed by atoms with van der Waals surface area (Å²) in [5, 5.41) is 14.8. The fraction of sp³-hybridized carbons (Fsp3) is 0.400. The van der Waals surface area contributed by atoms with Crippen LogP contribution in [0.3, 0.4) is 0 Å². The lowest BCUT2D eigenvalue weighted by molar-refractivity contribution is -0.192. The fourth-order valence-electron chi connectivity index (χ4n) is 5.68.